The highest BCUT2D eigenvalue weighted by molar-refractivity contribution is 5.88. The lowest BCUT2D eigenvalue weighted by Gasteiger charge is -2.26. The Morgan fingerprint density at radius 1 is 0.871 bits per heavy atom. The third kappa shape index (κ3) is 6.29. The standard InChI is InChI=1S/C27H30N2O2/c1-4-24(19-21-11-7-5-8-12-21)28-29-26(30)20-31-25-17-15-23(16-18-25)27(2,3)22-13-9-6-10-14-22/h5-18H,4,19-20H2,1-3H3,(H,29,30)/b28-24-. The minimum absolute atomic E-state index is 0.0761. The van der Waals surface area contributed by atoms with Gasteiger partial charge in [-0.3, -0.25) is 4.79 Å². The van der Waals surface area contributed by atoms with Gasteiger partial charge in [0.15, 0.2) is 6.61 Å². The number of carbonyl (C=O) groups excluding carboxylic acids is 1. The molecule has 4 nitrogen and oxygen atoms in total. The van der Waals surface area contributed by atoms with Crippen molar-refractivity contribution in [1.82, 2.24) is 5.43 Å². The fraction of sp³-hybridized carbons (Fsp3) is 0.259. The van der Waals surface area contributed by atoms with Crippen molar-refractivity contribution in [3.05, 3.63) is 102 Å². The van der Waals surface area contributed by atoms with Crippen molar-refractivity contribution in [2.45, 2.75) is 39.0 Å². The van der Waals surface area contributed by atoms with Gasteiger partial charge in [-0.1, -0.05) is 93.6 Å². The molecule has 0 unspecified atom stereocenters. The Labute approximate surface area is 185 Å². The van der Waals surface area contributed by atoms with E-state index < -0.39 is 0 Å². The highest BCUT2D eigenvalue weighted by Crippen LogP contribution is 2.32. The summed E-state index contributed by atoms with van der Waals surface area (Å²) < 4.78 is 5.64. The minimum atomic E-state index is -0.271. The van der Waals surface area contributed by atoms with E-state index in [-0.39, 0.29) is 17.9 Å². The summed E-state index contributed by atoms with van der Waals surface area (Å²) in [4.78, 5) is 12.2. The Morgan fingerprint density at radius 3 is 2.06 bits per heavy atom. The van der Waals surface area contributed by atoms with Crippen molar-refractivity contribution >= 4 is 11.6 Å². The van der Waals surface area contributed by atoms with E-state index in [0.29, 0.717) is 5.75 Å². The Kier molecular flexibility index (Phi) is 7.60. The van der Waals surface area contributed by atoms with Crippen molar-refractivity contribution in [2.24, 2.45) is 5.10 Å². The fourth-order valence-electron chi connectivity index (χ4n) is 3.39. The first-order valence-electron chi connectivity index (χ1n) is 10.7. The van der Waals surface area contributed by atoms with E-state index in [4.69, 9.17) is 4.74 Å². The first-order valence-corrected chi connectivity index (χ1v) is 10.7. The first kappa shape index (κ1) is 22.3. The third-order valence-corrected chi connectivity index (χ3v) is 5.44. The summed E-state index contributed by atoms with van der Waals surface area (Å²) in [5.74, 6) is 0.388. The van der Waals surface area contributed by atoms with Gasteiger partial charge in [-0.05, 0) is 35.2 Å². The maximum Gasteiger partial charge on any atom is 0.277 e. The highest BCUT2D eigenvalue weighted by Gasteiger charge is 2.22. The summed E-state index contributed by atoms with van der Waals surface area (Å²) in [6, 6.07) is 28.4. The smallest absolute Gasteiger partial charge is 0.277 e. The van der Waals surface area contributed by atoms with Crippen LogP contribution in [0, 0.1) is 0 Å². The normalized spacial score (nSPS) is 11.8. The van der Waals surface area contributed by atoms with Crippen LogP contribution in [0.2, 0.25) is 0 Å². The van der Waals surface area contributed by atoms with E-state index in [1.165, 1.54) is 16.7 Å². The largest absolute Gasteiger partial charge is 0.484 e. The Balaban J connectivity index is 1.53. The van der Waals surface area contributed by atoms with Gasteiger partial charge in [-0.2, -0.15) is 5.10 Å². The van der Waals surface area contributed by atoms with E-state index in [0.717, 1.165) is 18.6 Å². The van der Waals surface area contributed by atoms with Crippen LogP contribution in [0.15, 0.2) is 90.0 Å². The molecule has 0 atom stereocenters. The summed E-state index contributed by atoms with van der Waals surface area (Å²) in [5, 5.41) is 4.27. The topological polar surface area (TPSA) is 50.7 Å². The summed E-state index contributed by atoms with van der Waals surface area (Å²) in [5.41, 5.74) is 7.03. The number of hydrogen-bond acceptors (Lipinski definition) is 3. The molecule has 0 heterocycles. The van der Waals surface area contributed by atoms with Gasteiger partial charge in [0.25, 0.3) is 5.91 Å². The monoisotopic (exact) mass is 414 g/mol. The number of nitrogens with one attached hydrogen (secondary N) is 1. The average Bonchev–Trinajstić information content (AvgIpc) is 2.82. The van der Waals surface area contributed by atoms with Gasteiger partial charge in [0, 0.05) is 17.5 Å². The van der Waals surface area contributed by atoms with Crippen LogP contribution in [0.25, 0.3) is 0 Å². The highest BCUT2D eigenvalue weighted by atomic mass is 16.5. The summed E-state index contributed by atoms with van der Waals surface area (Å²) in [6.45, 7) is 6.35. The van der Waals surface area contributed by atoms with Gasteiger partial charge >= 0.3 is 0 Å². The molecule has 0 saturated carbocycles. The molecule has 0 fully saturated rings. The number of rotatable bonds is 9. The van der Waals surface area contributed by atoms with E-state index in [2.05, 4.69) is 60.8 Å². The lowest BCUT2D eigenvalue weighted by Crippen LogP contribution is -2.26. The predicted molar refractivity (Wildman–Crippen MR) is 127 cm³/mol. The molecule has 1 N–H and O–H groups in total. The molecule has 0 radical (unpaired) electrons. The van der Waals surface area contributed by atoms with Gasteiger partial charge in [-0.25, -0.2) is 5.43 Å². The van der Waals surface area contributed by atoms with Gasteiger partial charge in [0.2, 0.25) is 0 Å². The molecule has 0 spiro atoms. The molecule has 0 aliphatic carbocycles. The maximum absolute atomic E-state index is 12.2. The lowest BCUT2D eigenvalue weighted by atomic mass is 9.78. The van der Waals surface area contributed by atoms with E-state index in [9.17, 15) is 4.79 Å². The zero-order chi connectivity index (χ0) is 22.1. The van der Waals surface area contributed by atoms with Crippen LogP contribution < -0.4 is 10.2 Å². The molecule has 1 amide bonds. The molecule has 3 aromatic rings. The van der Waals surface area contributed by atoms with Crippen molar-refractivity contribution in [2.75, 3.05) is 6.61 Å². The second-order valence-corrected chi connectivity index (χ2v) is 8.03. The lowest BCUT2D eigenvalue weighted by molar-refractivity contribution is -0.123. The summed E-state index contributed by atoms with van der Waals surface area (Å²) in [7, 11) is 0. The molecule has 0 saturated heterocycles. The molecular weight excluding hydrogens is 384 g/mol. The summed E-state index contributed by atoms with van der Waals surface area (Å²) in [6.07, 6.45) is 1.49. The molecule has 3 aromatic carbocycles. The van der Waals surface area contributed by atoms with Crippen LogP contribution in [0.3, 0.4) is 0 Å². The van der Waals surface area contributed by atoms with Gasteiger partial charge in [-0.15, -0.1) is 0 Å². The van der Waals surface area contributed by atoms with E-state index in [1.54, 1.807) is 0 Å². The Morgan fingerprint density at radius 2 is 1.45 bits per heavy atom. The number of amides is 1. The third-order valence-electron chi connectivity index (χ3n) is 5.44. The van der Waals surface area contributed by atoms with Crippen molar-refractivity contribution in [3.8, 4) is 5.75 Å². The molecule has 160 valence electrons. The molecule has 31 heavy (non-hydrogen) atoms. The number of nitrogens with zero attached hydrogens (tertiary/aromatic N) is 1. The van der Waals surface area contributed by atoms with Crippen LogP contribution in [0.5, 0.6) is 5.75 Å². The van der Waals surface area contributed by atoms with Gasteiger partial charge < -0.3 is 4.74 Å². The van der Waals surface area contributed by atoms with Crippen LogP contribution in [-0.2, 0) is 16.6 Å². The van der Waals surface area contributed by atoms with E-state index >= 15 is 0 Å². The van der Waals surface area contributed by atoms with Gasteiger partial charge in [0.05, 0.1) is 0 Å². The van der Waals surface area contributed by atoms with Gasteiger partial charge in [0.1, 0.15) is 5.75 Å². The molecule has 3 rings (SSSR count). The number of benzene rings is 3. The van der Waals surface area contributed by atoms with Crippen molar-refractivity contribution in [1.29, 1.82) is 0 Å². The fourth-order valence-corrected chi connectivity index (χ4v) is 3.39. The average molecular weight is 415 g/mol. The minimum Gasteiger partial charge on any atom is -0.484 e. The number of carbonyl (C=O) groups is 1. The predicted octanol–water partition coefficient (Wildman–Crippen LogP) is 5.52. The number of hydrazone groups is 1. The summed E-state index contributed by atoms with van der Waals surface area (Å²) >= 11 is 0. The molecule has 4 heteroatoms. The quantitative estimate of drug-likeness (QED) is 0.370. The second kappa shape index (κ2) is 10.6. The van der Waals surface area contributed by atoms with Crippen LogP contribution >= 0.6 is 0 Å². The Bertz CT molecular complexity index is 994. The maximum atomic E-state index is 12.2. The Hall–Kier alpha value is -3.40. The van der Waals surface area contributed by atoms with Crippen LogP contribution in [-0.4, -0.2) is 18.2 Å². The molecule has 0 aliphatic heterocycles. The van der Waals surface area contributed by atoms with E-state index in [1.807, 2.05) is 55.5 Å². The van der Waals surface area contributed by atoms with Crippen molar-refractivity contribution in [3.63, 3.8) is 0 Å². The molecule has 0 aliphatic rings. The van der Waals surface area contributed by atoms with Crippen LogP contribution in [0.1, 0.15) is 43.9 Å². The SMILES string of the molecule is CC/C(Cc1ccccc1)=N/NC(=O)COc1ccc(C(C)(C)c2ccccc2)cc1. The second-order valence-electron chi connectivity index (χ2n) is 8.03. The first-order chi connectivity index (χ1) is 15.0. The van der Waals surface area contributed by atoms with Crippen LogP contribution in [0.4, 0.5) is 0 Å². The molecule has 0 bridgehead atoms. The zero-order valence-electron chi connectivity index (χ0n) is 18.5. The molecule has 0 aromatic heterocycles. The van der Waals surface area contributed by atoms with Crippen molar-refractivity contribution < 1.29 is 9.53 Å². The number of ether oxygens (including phenoxy) is 1. The zero-order valence-corrected chi connectivity index (χ0v) is 18.5. The molecular formula is C27H30N2O2. The number of hydrogen-bond donors (Lipinski definition) is 1.